The lowest BCUT2D eigenvalue weighted by Crippen LogP contribution is -2.13. The molecule has 0 atom stereocenters. The first-order chi connectivity index (χ1) is 10.5. The molecule has 5 nitrogen and oxygen atoms in total. The van der Waals surface area contributed by atoms with Gasteiger partial charge in [-0.1, -0.05) is 26.0 Å². The minimum atomic E-state index is -0.244. The Kier molecular flexibility index (Phi) is 4.88. The smallest absolute Gasteiger partial charge is 0.255 e. The molecule has 0 unspecified atom stereocenters. The lowest BCUT2D eigenvalue weighted by molar-refractivity contribution is -0.114. The summed E-state index contributed by atoms with van der Waals surface area (Å²) in [5.74, 6) is 0.334. The van der Waals surface area contributed by atoms with Gasteiger partial charge in [-0.2, -0.15) is 0 Å². The fourth-order valence-corrected chi connectivity index (χ4v) is 1.98. The molecule has 1 aromatic carbocycles. The number of nitrogens with zero attached hydrogens (tertiary/aromatic N) is 1. The van der Waals surface area contributed by atoms with E-state index >= 15 is 0 Å². The summed E-state index contributed by atoms with van der Waals surface area (Å²) < 4.78 is 0. The molecule has 0 aliphatic heterocycles. The van der Waals surface area contributed by atoms with Gasteiger partial charge in [0.1, 0.15) is 5.82 Å². The fraction of sp³-hybridized carbons (Fsp3) is 0.235. The molecule has 2 rings (SSSR count). The Bertz CT molecular complexity index is 679. The number of amides is 2. The van der Waals surface area contributed by atoms with E-state index in [1.165, 1.54) is 18.7 Å². The van der Waals surface area contributed by atoms with Crippen LogP contribution in [0.3, 0.4) is 0 Å². The second-order valence-corrected chi connectivity index (χ2v) is 5.34. The number of carbonyl (C=O) groups is 2. The van der Waals surface area contributed by atoms with E-state index in [1.54, 1.807) is 12.1 Å². The maximum absolute atomic E-state index is 12.2. The van der Waals surface area contributed by atoms with Crippen LogP contribution in [0, 0.1) is 0 Å². The monoisotopic (exact) mass is 297 g/mol. The zero-order chi connectivity index (χ0) is 16.1. The number of hydrogen-bond donors (Lipinski definition) is 2. The van der Waals surface area contributed by atoms with Crippen molar-refractivity contribution in [2.75, 3.05) is 10.6 Å². The molecule has 22 heavy (non-hydrogen) atoms. The molecule has 2 amide bonds. The first-order valence-corrected chi connectivity index (χ1v) is 7.10. The number of anilines is 2. The molecule has 1 heterocycles. The Morgan fingerprint density at radius 1 is 1.05 bits per heavy atom. The van der Waals surface area contributed by atoms with Crippen LogP contribution in [-0.4, -0.2) is 16.8 Å². The van der Waals surface area contributed by atoms with Crippen molar-refractivity contribution in [1.82, 2.24) is 4.98 Å². The number of hydrogen-bond acceptors (Lipinski definition) is 3. The fourth-order valence-electron chi connectivity index (χ4n) is 1.98. The minimum absolute atomic E-state index is 0.227. The third-order valence-corrected chi connectivity index (χ3v) is 3.16. The summed E-state index contributed by atoms with van der Waals surface area (Å²) in [6.07, 6.45) is 1.49. The molecule has 0 fully saturated rings. The van der Waals surface area contributed by atoms with Crippen LogP contribution in [0.25, 0.3) is 0 Å². The third kappa shape index (κ3) is 4.15. The van der Waals surface area contributed by atoms with Gasteiger partial charge in [0.2, 0.25) is 5.91 Å². The highest BCUT2D eigenvalue weighted by atomic mass is 16.2. The molecule has 5 heteroatoms. The van der Waals surface area contributed by atoms with Crippen molar-refractivity contribution in [3.8, 4) is 0 Å². The van der Waals surface area contributed by atoms with Crippen molar-refractivity contribution in [2.45, 2.75) is 26.7 Å². The molecule has 0 radical (unpaired) electrons. The van der Waals surface area contributed by atoms with Crippen LogP contribution in [0.4, 0.5) is 11.5 Å². The summed E-state index contributed by atoms with van der Waals surface area (Å²) in [7, 11) is 0. The van der Waals surface area contributed by atoms with Crippen LogP contribution in [-0.2, 0) is 4.79 Å². The van der Waals surface area contributed by atoms with Crippen molar-refractivity contribution in [2.24, 2.45) is 0 Å². The van der Waals surface area contributed by atoms with Gasteiger partial charge in [0.05, 0.1) is 0 Å². The summed E-state index contributed by atoms with van der Waals surface area (Å²) in [6, 6.07) is 10.9. The van der Waals surface area contributed by atoms with Crippen molar-refractivity contribution in [3.05, 3.63) is 53.7 Å². The average molecular weight is 297 g/mol. The molecule has 0 saturated carbocycles. The lowest BCUT2D eigenvalue weighted by atomic mass is 10.0. The van der Waals surface area contributed by atoms with Gasteiger partial charge in [-0.05, 0) is 35.7 Å². The molecule has 0 aliphatic rings. The van der Waals surface area contributed by atoms with E-state index in [-0.39, 0.29) is 11.8 Å². The standard InChI is InChI=1S/C17H19N3O2/c1-11(2)13-4-6-15(7-5-13)20-17(22)14-8-9-18-16(10-14)19-12(3)21/h4-11H,1-3H3,(H,20,22)(H,18,19,21). The summed E-state index contributed by atoms with van der Waals surface area (Å²) in [4.78, 5) is 27.2. The van der Waals surface area contributed by atoms with E-state index in [0.717, 1.165) is 5.69 Å². The molecule has 0 spiro atoms. The highest BCUT2D eigenvalue weighted by Gasteiger charge is 2.08. The maximum atomic E-state index is 12.2. The highest BCUT2D eigenvalue weighted by molar-refractivity contribution is 6.05. The van der Waals surface area contributed by atoms with Crippen LogP contribution < -0.4 is 10.6 Å². The number of rotatable bonds is 4. The second-order valence-electron chi connectivity index (χ2n) is 5.34. The van der Waals surface area contributed by atoms with Gasteiger partial charge in [0, 0.05) is 24.4 Å². The van der Waals surface area contributed by atoms with E-state index < -0.39 is 0 Å². The Morgan fingerprint density at radius 2 is 1.73 bits per heavy atom. The number of nitrogens with one attached hydrogen (secondary N) is 2. The number of pyridine rings is 1. The Hall–Kier alpha value is -2.69. The molecule has 0 bridgehead atoms. The van der Waals surface area contributed by atoms with E-state index in [9.17, 15) is 9.59 Å². The van der Waals surface area contributed by atoms with Crippen LogP contribution in [0.15, 0.2) is 42.6 Å². The quantitative estimate of drug-likeness (QED) is 0.908. The predicted molar refractivity (Wildman–Crippen MR) is 87.0 cm³/mol. The van der Waals surface area contributed by atoms with Crippen LogP contribution in [0.5, 0.6) is 0 Å². The summed E-state index contributed by atoms with van der Waals surface area (Å²) in [5.41, 5.74) is 2.38. The molecule has 0 aliphatic carbocycles. The van der Waals surface area contributed by atoms with Gasteiger partial charge in [-0.3, -0.25) is 9.59 Å². The van der Waals surface area contributed by atoms with E-state index in [2.05, 4.69) is 29.5 Å². The Morgan fingerprint density at radius 3 is 2.32 bits per heavy atom. The van der Waals surface area contributed by atoms with Crippen molar-refractivity contribution in [3.63, 3.8) is 0 Å². The van der Waals surface area contributed by atoms with Crippen LogP contribution in [0.1, 0.15) is 42.6 Å². The van der Waals surface area contributed by atoms with Gasteiger partial charge in [-0.15, -0.1) is 0 Å². The predicted octanol–water partition coefficient (Wildman–Crippen LogP) is 3.42. The van der Waals surface area contributed by atoms with Gasteiger partial charge < -0.3 is 10.6 Å². The Labute approximate surface area is 129 Å². The normalized spacial score (nSPS) is 10.4. The van der Waals surface area contributed by atoms with Gasteiger partial charge in [-0.25, -0.2) is 4.98 Å². The topological polar surface area (TPSA) is 71.1 Å². The number of benzene rings is 1. The molecule has 1 aromatic heterocycles. The van der Waals surface area contributed by atoms with Crippen molar-refractivity contribution < 1.29 is 9.59 Å². The molecule has 114 valence electrons. The minimum Gasteiger partial charge on any atom is -0.322 e. The van der Waals surface area contributed by atoms with E-state index in [4.69, 9.17) is 0 Å². The zero-order valence-electron chi connectivity index (χ0n) is 12.9. The largest absolute Gasteiger partial charge is 0.322 e. The van der Waals surface area contributed by atoms with Crippen molar-refractivity contribution in [1.29, 1.82) is 0 Å². The van der Waals surface area contributed by atoms with Crippen molar-refractivity contribution >= 4 is 23.3 Å². The van der Waals surface area contributed by atoms with Gasteiger partial charge in [0.15, 0.2) is 0 Å². The first kappa shape index (κ1) is 15.7. The summed E-state index contributed by atoms with van der Waals surface area (Å²) in [5, 5.41) is 5.38. The molecule has 2 aromatic rings. The summed E-state index contributed by atoms with van der Waals surface area (Å²) in [6.45, 7) is 5.63. The van der Waals surface area contributed by atoms with Crippen LogP contribution >= 0.6 is 0 Å². The third-order valence-electron chi connectivity index (χ3n) is 3.16. The van der Waals surface area contributed by atoms with E-state index in [1.807, 2.05) is 24.3 Å². The average Bonchev–Trinajstić information content (AvgIpc) is 2.47. The zero-order valence-corrected chi connectivity index (χ0v) is 12.9. The first-order valence-electron chi connectivity index (χ1n) is 7.10. The molecular formula is C17H19N3O2. The SMILES string of the molecule is CC(=O)Nc1cc(C(=O)Nc2ccc(C(C)C)cc2)ccn1. The van der Waals surface area contributed by atoms with Crippen LogP contribution in [0.2, 0.25) is 0 Å². The summed E-state index contributed by atoms with van der Waals surface area (Å²) >= 11 is 0. The number of aromatic nitrogens is 1. The number of carbonyl (C=O) groups excluding carboxylic acids is 2. The molecule has 2 N–H and O–H groups in total. The second kappa shape index (κ2) is 6.85. The van der Waals surface area contributed by atoms with Gasteiger partial charge in [0.25, 0.3) is 5.91 Å². The lowest BCUT2D eigenvalue weighted by Gasteiger charge is -2.09. The van der Waals surface area contributed by atoms with E-state index in [0.29, 0.717) is 17.3 Å². The maximum Gasteiger partial charge on any atom is 0.255 e. The Balaban J connectivity index is 2.10. The highest BCUT2D eigenvalue weighted by Crippen LogP contribution is 2.18. The molecular weight excluding hydrogens is 278 g/mol. The molecule has 0 saturated heterocycles. The van der Waals surface area contributed by atoms with Gasteiger partial charge >= 0.3 is 0 Å².